The highest BCUT2D eigenvalue weighted by Gasteiger charge is 2.27. The standard InChI is InChI=1S/C18H21FN4O/c1-11-16(12(2)22-21-11)17(20)18(24)23-9-7-14(8-10-23)13-3-5-15(19)6-4-13/h3-7,17H,8-10,20H2,1-2H3,(H,21,22)/t17-/m1/s1. The van der Waals surface area contributed by atoms with E-state index in [1.54, 1.807) is 17.0 Å². The SMILES string of the molecule is Cc1n[nH]c(C)c1[C@@H](N)C(=O)N1CC=C(c2ccc(F)cc2)CC1. The van der Waals surface area contributed by atoms with Crippen LogP contribution in [0.15, 0.2) is 30.3 Å². The summed E-state index contributed by atoms with van der Waals surface area (Å²) < 4.78 is 13.0. The van der Waals surface area contributed by atoms with Crippen molar-refractivity contribution in [1.29, 1.82) is 0 Å². The number of H-pyrrole nitrogens is 1. The zero-order valence-electron chi connectivity index (χ0n) is 13.8. The van der Waals surface area contributed by atoms with Crippen LogP contribution in [0.5, 0.6) is 0 Å². The number of amides is 1. The highest BCUT2D eigenvalue weighted by atomic mass is 19.1. The van der Waals surface area contributed by atoms with Crippen molar-refractivity contribution in [3.8, 4) is 0 Å². The van der Waals surface area contributed by atoms with Gasteiger partial charge in [0.25, 0.3) is 0 Å². The minimum absolute atomic E-state index is 0.1000. The Bertz CT molecular complexity index is 759. The molecule has 0 radical (unpaired) electrons. The van der Waals surface area contributed by atoms with Gasteiger partial charge in [-0.1, -0.05) is 18.2 Å². The second kappa shape index (κ2) is 6.57. The van der Waals surface area contributed by atoms with Crippen LogP contribution in [-0.2, 0) is 4.79 Å². The number of rotatable bonds is 3. The Morgan fingerprint density at radius 2 is 2.04 bits per heavy atom. The Morgan fingerprint density at radius 1 is 1.33 bits per heavy atom. The molecule has 0 spiro atoms. The number of nitrogens with zero attached hydrogens (tertiary/aromatic N) is 2. The number of benzene rings is 1. The van der Waals surface area contributed by atoms with Crippen molar-refractivity contribution in [2.24, 2.45) is 5.73 Å². The first-order valence-corrected chi connectivity index (χ1v) is 7.98. The summed E-state index contributed by atoms with van der Waals surface area (Å²) in [7, 11) is 0. The summed E-state index contributed by atoms with van der Waals surface area (Å²) in [6.45, 7) is 4.82. The number of nitrogens with two attached hydrogens (primary N) is 1. The summed E-state index contributed by atoms with van der Waals surface area (Å²) >= 11 is 0. The molecule has 1 amide bonds. The highest BCUT2D eigenvalue weighted by Crippen LogP contribution is 2.25. The minimum Gasteiger partial charge on any atom is -0.337 e. The molecule has 0 saturated heterocycles. The smallest absolute Gasteiger partial charge is 0.244 e. The van der Waals surface area contributed by atoms with Crippen molar-refractivity contribution in [3.05, 3.63) is 58.7 Å². The van der Waals surface area contributed by atoms with Crippen molar-refractivity contribution in [1.82, 2.24) is 15.1 Å². The zero-order valence-corrected chi connectivity index (χ0v) is 13.8. The van der Waals surface area contributed by atoms with Gasteiger partial charge in [0.05, 0.1) is 5.69 Å². The largest absolute Gasteiger partial charge is 0.337 e. The second-order valence-electron chi connectivity index (χ2n) is 6.10. The normalized spacial score (nSPS) is 16.0. The van der Waals surface area contributed by atoms with Crippen molar-refractivity contribution < 1.29 is 9.18 Å². The first-order chi connectivity index (χ1) is 11.5. The third-order valence-corrected chi connectivity index (χ3v) is 4.50. The van der Waals surface area contributed by atoms with Crippen LogP contribution in [0.3, 0.4) is 0 Å². The number of hydrogen-bond donors (Lipinski definition) is 2. The summed E-state index contributed by atoms with van der Waals surface area (Å²) in [6, 6.07) is 5.73. The molecule has 3 N–H and O–H groups in total. The van der Waals surface area contributed by atoms with Gasteiger partial charge in [-0.05, 0) is 43.5 Å². The molecule has 6 heteroatoms. The molecule has 1 aliphatic rings. The molecule has 5 nitrogen and oxygen atoms in total. The molecule has 24 heavy (non-hydrogen) atoms. The van der Waals surface area contributed by atoms with Gasteiger partial charge in [-0.25, -0.2) is 4.39 Å². The fourth-order valence-electron chi connectivity index (χ4n) is 3.13. The molecular weight excluding hydrogens is 307 g/mol. The van der Waals surface area contributed by atoms with Gasteiger partial charge in [0.15, 0.2) is 0 Å². The van der Waals surface area contributed by atoms with Gasteiger partial charge in [0, 0.05) is 24.3 Å². The van der Waals surface area contributed by atoms with Crippen LogP contribution in [0.4, 0.5) is 4.39 Å². The minimum atomic E-state index is -0.704. The van der Waals surface area contributed by atoms with Crippen molar-refractivity contribution in [2.75, 3.05) is 13.1 Å². The van der Waals surface area contributed by atoms with Crippen LogP contribution in [-0.4, -0.2) is 34.1 Å². The number of hydrogen-bond acceptors (Lipinski definition) is 3. The molecule has 1 aromatic carbocycles. The summed E-state index contributed by atoms with van der Waals surface area (Å²) in [6.07, 6.45) is 2.74. The monoisotopic (exact) mass is 328 g/mol. The number of aromatic amines is 1. The van der Waals surface area contributed by atoms with Gasteiger partial charge >= 0.3 is 0 Å². The predicted molar refractivity (Wildman–Crippen MR) is 90.6 cm³/mol. The molecule has 2 heterocycles. The van der Waals surface area contributed by atoms with E-state index >= 15 is 0 Å². The molecule has 0 unspecified atom stereocenters. The Morgan fingerprint density at radius 3 is 2.58 bits per heavy atom. The third-order valence-electron chi connectivity index (χ3n) is 4.50. The fraction of sp³-hybridized carbons (Fsp3) is 0.333. The first-order valence-electron chi connectivity index (χ1n) is 7.98. The molecule has 0 aliphatic carbocycles. The lowest BCUT2D eigenvalue weighted by molar-refractivity contribution is -0.132. The van der Waals surface area contributed by atoms with Crippen LogP contribution in [0.25, 0.3) is 5.57 Å². The average molecular weight is 328 g/mol. The number of aromatic nitrogens is 2. The van der Waals surface area contributed by atoms with E-state index in [0.29, 0.717) is 13.1 Å². The molecule has 0 saturated carbocycles. The Hall–Kier alpha value is -2.47. The maximum atomic E-state index is 13.0. The Kier molecular flexibility index (Phi) is 4.49. The summed E-state index contributed by atoms with van der Waals surface area (Å²) in [5.74, 6) is -0.346. The molecule has 1 aliphatic heterocycles. The van der Waals surface area contributed by atoms with Gasteiger partial charge in [-0.15, -0.1) is 0 Å². The lowest BCUT2D eigenvalue weighted by Crippen LogP contribution is -2.41. The van der Waals surface area contributed by atoms with E-state index in [4.69, 9.17) is 5.73 Å². The molecule has 126 valence electrons. The van der Waals surface area contributed by atoms with Gasteiger partial charge in [0.1, 0.15) is 11.9 Å². The van der Waals surface area contributed by atoms with Crippen LogP contribution in [0.1, 0.15) is 35.0 Å². The molecule has 1 atom stereocenters. The predicted octanol–water partition coefficient (Wildman–Crippen LogP) is 2.48. The van der Waals surface area contributed by atoms with Gasteiger partial charge < -0.3 is 10.6 Å². The van der Waals surface area contributed by atoms with Crippen molar-refractivity contribution >= 4 is 11.5 Å². The maximum absolute atomic E-state index is 13.0. The quantitative estimate of drug-likeness (QED) is 0.909. The molecular formula is C18H21FN4O. The van der Waals surface area contributed by atoms with Crippen LogP contribution in [0.2, 0.25) is 0 Å². The fourth-order valence-corrected chi connectivity index (χ4v) is 3.13. The summed E-state index contributed by atoms with van der Waals surface area (Å²) in [5.41, 5.74) is 10.6. The molecule has 1 aromatic heterocycles. The maximum Gasteiger partial charge on any atom is 0.244 e. The van der Waals surface area contributed by atoms with Crippen molar-refractivity contribution in [2.45, 2.75) is 26.3 Å². The highest BCUT2D eigenvalue weighted by molar-refractivity contribution is 5.84. The first kappa shape index (κ1) is 16.4. The van der Waals surface area contributed by atoms with Crippen LogP contribution >= 0.6 is 0 Å². The Labute approximate surface area is 140 Å². The lowest BCUT2D eigenvalue weighted by Gasteiger charge is -2.29. The lowest BCUT2D eigenvalue weighted by atomic mass is 9.98. The van der Waals surface area contributed by atoms with E-state index in [1.165, 1.54) is 12.1 Å². The van der Waals surface area contributed by atoms with E-state index in [2.05, 4.69) is 10.2 Å². The second-order valence-corrected chi connectivity index (χ2v) is 6.10. The van der Waals surface area contributed by atoms with Gasteiger partial charge in [-0.3, -0.25) is 9.89 Å². The van der Waals surface area contributed by atoms with Crippen LogP contribution < -0.4 is 5.73 Å². The van der Waals surface area contributed by atoms with E-state index < -0.39 is 6.04 Å². The van der Waals surface area contributed by atoms with E-state index in [0.717, 1.165) is 34.5 Å². The number of nitrogens with one attached hydrogen (secondary N) is 1. The van der Waals surface area contributed by atoms with Crippen molar-refractivity contribution in [3.63, 3.8) is 0 Å². The third kappa shape index (κ3) is 3.10. The Balaban J connectivity index is 1.71. The zero-order chi connectivity index (χ0) is 17.3. The number of halogens is 1. The van der Waals surface area contributed by atoms with E-state index in [1.807, 2.05) is 19.9 Å². The van der Waals surface area contributed by atoms with E-state index in [9.17, 15) is 9.18 Å². The number of carbonyl (C=O) groups excluding carboxylic acids is 1. The average Bonchev–Trinajstić information content (AvgIpc) is 2.93. The topological polar surface area (TPSA) is 75.0 Å². The summed E-state index contributed by atoms with van der Waals surface area (Å²) in [5, 5.41) is 6.97. The molecule has 2 aromatic rings. The van der Waals surface area contributed by atoms with E-state index in [-0.39, 0.29) is 11.7 Å². The van der Waals surface area contributed by atoms with Gasteiger partial charge in [-0.2, -0.15) is 5.10 Å². The molecule has 0 fully saturated rings. The number of carbonyl (C=O) groups is 1. The van der Waals surface area contributed by atoms with Crippen LogP contribution in [0, 0.1) is 19.7 Å². The molecule has 0 bridgehead atoms. The van der Waals surface area contributed by atoms with Gasteiger partial charge in [0.2, 0.25) is 5.91 Å². The number of aryl methyl sites for hydroxylation is 2. The summed E-state index contributed by atoms with van der Waals surface area (Å²) in [4.78, 5) is 14.4. The molecule has 3 rings (SSSR count).